The van der Waals surface area contributed by atoms with Gasteiger partial charge in [-0.25, -0.2) is 0 Å². The Morgan fingerprint density at radius 3 is 2.59 bits per heavy atom. The molecule has 98 valence electrons. The summed E-state index contributed by atoms with van der Waals surface area (Å²) in [7, 11) is 0. The Bertz CT molecular complexity index is 346. The maximum absolute atomic E-state index is 12.1. The van der Waals surface area contributed by atoms with Crippen molar-refractivity contribution < 1.29 is 13.2 Å². The standard InChI is InChI=1S/C11H18F3N3/c1-4-8(2)9(3)16-10-5-15-17(6-10)7-11(12,13)14/h5-6,8-9,16H,4,7H2,1-3H3/t8-,9+/m1/s1. The molecular weight excluding hydrogens is 231 g/mol. The van der Waals surface area contributed by atoms with Gasteiger partial charge in [0.1, 0.15) is 6.54 Å². The van der Waals surface area contributed by atoms with E-state index in [0.29, 0.717) is 11.6 Å². The van der Waals surface area contributed by atoms with E-state index in [-0.39, 0.29) is 6.04 Å². The first-order valence-corrected chi connectivity index (χ1v) is 5.67. The van der Waals surface area contributed by atoms with Gasteiger partial charge in [0.25, 0.3) is 0 Å². The molecule has 0 aromatic carbocycles. The van der Waals surface area contributed by atoms with Crippen LogP contribution < -0.4 is 5.32 Å². The minimum atomic E-state index is -4.23. The van der Waals surface area contributed by atoms with Crippen molar-refractivity contribution in [2.75, 3.05) is 5.32 Å². The monoisotopic (exact) mass is 249 g/mol. The summed E-state index contributed by atoms with van der Waals surface area (Å²) < 4.78 is 37.2. The molecule has 0 saturated carbocycles. The lowest BCUT2D eigenvalue weighted by atomic mass is 10.0. The molecule has 0 aliphatic carbocycles. The fourth-order valence-corrected chi connectivity index (χ4v) is 1.47. The fourth-order valence-electron chi connectivity index (χ4n) is 1.47. The summed E-state index contributed by atoms with van der Waals surface area (Å²) in [5, 5.41) is 6.82. The summed E-state index contributed by atoms with van der Waals surface area (Å²) in [5.41, 5.74) is 0.627. The Labute approximate surface area is 99.0 Å². The van der Waals surface area contributed by atoms with Crippen LogP contribution in [0.5, 0.6) is 0 Å². The second-order valence-electron chi connectivity index (χ2n) is 4.36. The zero-order chi connectivity index (χ0) is 13.1. The molecule has 0 fully saturated rings. The summed E-state index contributed by atoms with van der Waals surface area (Å²) in [6.45, 7) is 5.13. The first-order valence-electron chi connectivity index (χ1n) is 5.67. The number of hydrogen-bond acceptors (Lipinski definition) is 2. The van der Waals surface area contributed by atoms with Crippen molar-refractivity contribution in [1.29, 1.82) is 0 Å². The molecule has 1 rings (SSSR count). The molecule has 0 radical (unpaired) electrons. The smallest absolute Gasteiger partial charge is 0.380 e. The quantitative estimate of drug-likeness (QED) is 0.867. The van der Waals surface area contributed by atoms with E-state index in [2.05, 4.69) is 24.3 Å². The van der Waals surface area contributed by atoms with E-state index in [1.165, 1.54) is 12.4 Å². The Balaban J connectivity index is 2.57. The predicted molar refractivity (Wildman–Crippen MR) is 60.8 cm³/mol. The van der Waals surface area contributed by atoms with E-state index in [4.69, 9.17) is 0 Å². The van der Waals surface area contributed by atoms with Crippen molar-refractivity contribution in [1.82, 2.24) is 9.78 Å². The normalized spacial score (nSPS) is 15.6. The van der Waals surface area contributed by atoms with E-state index in [1.54, 1.807) is 0 Å². The average Bonchev–Trinajstić information content (AvgIpc) is 2.61. The number of nitrogens with zero attached hydrogens (tertiary/aromatic N) is 2. The van der Waals surface area contributed by atoms with Crippen LogP contribution in [-0.2, 0) is 6.54 Å². The van der Waals surface area contributed by atoms with Crippen molar-refractivity contribution >= 4 is 5.69 Å². The van der Waals surface area contributed by atoms with E-state index in [1.807, 2.05) is 6.92 Å². The van der Waals surface area contributed by atoms with Crippen molar-refractivity contribution in [2.45, 2.75) is 46.0 Å². The third kappa shape index (κ3) is 4.66. The lowest BCUT2D eigenvalue weighted by Gasteiger charge is -2.19. The fraction of sp³-hybridized carbons (Fsp3) is 0.727. The van der Waals surface area contributed by atoms with Gasteiger partial charge in [0.05, 0.1) is 11.9 Å². The number of anilines is 1. The average molecular weight is 249 g/mol. The highest BCUT2D eigenvalue weighted by molar-refractivity contribution is 5.39. The van der Waals surface area contributed by atoms with Gasteiger partial charge in [0, 0.05) is 12.2 Å². The Morgan fingerprint density at radius 1 is 1.41 bits per heavy atom. The summed E-state index contributed by atoms with van der Waals surface area (Å²) in [5.74, 6) is 0.459. The second-order valence-corrected chi connectivity index (χ2v) is 4.36. The summed E-state index contributed by atoms with van der Waals surface area (Å²) in [4.78, 5) is 0. The SMILES string of the molecule is CC[C@@H](C)[C@H](C)Nc1cnn(CC(F)(F)F)c1. The number of aromatic nitrogens is 2. The lowest BCUT2D eigenvalue weighted by molar-refractivity contribution is -0.142. The van der Waals surface area contributed by atoms with Gasteiger partial charge in [-0.15, -0.1) is 0 Å². The van der Waals surface area contributed by atoms with Crippen LogP contribution in [0.4, 0.5) is 18.9 Å². The minimum absolute atomic E-state index is 0.212. The van der Waals surface area contributed by atoms with Crippen molar-refractivity contribution in [3.8, 4) is 0 Å². The highest BCUT2D eigenvalue weighted by Gasteiger charge is 2.28. The van der Waals surface area contributed by atoms with Gasteiger partial charge < -0.3 is 5.32 Å². The summed E-state index contributed by atoms with van der Waals surface area (Å²) >= 11 is 0. The van der Waals surface area contributed by atoms with Crippen LogP contribution in [0.1, 0.15) is 27.2 Å². The molecule has 0 saturated heterocycles. The van der Waals surface area contributed by atoms with Gasteiger partial charge in [0.15, 0.2) is 0 Å². The molecule has 2 atom stereocenters. The Hall–Kier alpha value is -1.20. The second kappa shape index (κ2) is 5.42. The zero-order valence-corrected chi connectivity index (χ0v) is 10.3. The third-order valence-electron chi connectivity index (χ3n) is 2.87. The number of hydrogen-bond donors (Lipinski definition) is 1. The molecule has 1 aromatic rings. The van der Waals surface area contributed by atoms with Crippen LogP contribution in [0.15, 0.2) is 12.4 Å². The van der Waals surface area contributed by atoms with E-state index in [0.717, 1.165) is 11.1 Å². The largest absolute Gasteiger partial charge is 0.408 e. The molecule has 3 nitrogen and oxygen atoms in total. The van der Waals surface area contributed by atoms with Crippen molar-refractivity contribution in [3.05, 3.63) is 12.4 Å². The number of nitrogens with one attached hydrogen (secondary N) is 1. The molecule has 1 N–H and O–H groups in total. The molecule has 0 aliphatic rings. The zero-order valence-electron chi connectivity index (χ0n) is 10.3. The van der Waals surface area contributed by atoms with Crippen LogP contribution >= 0.6 is 0 Å². The molecule has 0 amide bonds. The Kier molecular flexibility index (Phi) is 4.42. The van der Waals surface area contributed by atoms with Crippen LogP contribution in [0.2, 0.25) is 0 Å². The molecule has 0 unspecified atom stereocenters. The topological polar surface area (TPSA) is 29.9 Å². The van der Waals surface area contributed by atoms with Crippen molar-refractivity contribution in [2.24, 2.45) is 5.92 Å². The molecule has 0 aliphatic heterocycles. The van der Waals surface area contributed by atoms with Crippen LogP contribution in [0.25, 0.3) is 0 Å². The highest BCUT2D eigenvalue weighted by atomic mass is 19.4. The van der Waals surface area contributed by atoms with E-state index in [9.17, 15) is 13.2 Å². The maximum atomic E-state index is 12.1. The van der Waals surface area contributed by atoms with E-state index >= 15 is 0 Å². The number of halogens is 3. The van der Waals surface area contributed by atoms with Crippen LogP contribution in [0.3, 0.4) is 0 Å². The highest BCUT2D eigenvalue weighted by Crippen LogP contribution is 2.19. The van der Waals surface area contributed by atoms with Gasteiger partial charge in [-0.3, -0.25) is 4.68 Å². The van der Waals surface area contributed by atoms with Gasteiger partial charge >= 0.3 is 6.18 Å². The molecular formula is C11H18F3N3. The first-order chi connectivity index (χ1) is 7.81. The predicted octanol–water partition coefficient (Wildman–Crippen LogP) is 3.29. The van der Waals surface area contributed by atoms with Gasteiger partial charge in [0.2, 0.25) is 0 Å². The summed E-state index contributed by atoms with van der Waals surface area (Å²) in [6, 6.07) is 0.212. The maximum Gasteiger partial charge on any atom is 0.408 e. The molecule has 6 heteroatoms. The lowest BCUT2D eigenvalue weighted by Crippen LogP contribution is -2.23. The number of alkyl halides is 3. The molecule has 1 heterocycles. The van der Waals surface area contributed by atoms with Gasteiger partial charge in [-0.05, 0) is 12.8 Å². The first kappa shape index (κ1) is 13.9. The summed E-state index contributed by atoms with van der Waals surface area (Å²) in [6.07, 6.45) is -0.409. The molecule has 17 heavy (non-hydrogen) atoms. The van der Waals surface area contributed by atoms with Crippen molar-refractivity contribution in [3.63, 3.8) is 0 Å². The third-order valence-corrected chi connectivity index (χ3v) is 2.87. The number of rotatable bonds is 5. The molecule has 0 spiro atoms. The van der Waals surface area contributed by atoms with Gasteiger partial charge in [-0.2, -0.15) is 18.3 Å². The Morgan fingerprint density at radius 2 is 2.06 bits per heavy atom. The van der Waals surface area contributed by atoms with E-state index < -0.39 is 12.7 Å². The molecule has 0 bridgehead atoms. The van der Waals surface area contributed by atoms with Crippen LogP contribution in [-0.4, -0.2) is 22.0 Å². The molecule has 1 aromatic heterocycles. The van der Waals surface area contributed by atoms with Gasteiger partial charge in [-0.1, -0.05) is 20.3 Å². The minimum Gasteiger partial charge on any atom is -0.380 e. The van der Waals surface area contributed by atoms with Crippen LogP contribution in [0, 0.1) is 5.92 Å².